The Kier molecular flexibility index (Phi) is 4.56. The molecule has 3 aromatic heterocycles. The van der Waals surface area contributed by atoms with Gasteiger partial charge in [-0.05, 0) is 49.4 Å². The molecule has 1 unspecified atom stereocenters. The molecule has 3 heterocycles. The summed E-state index contributed by atoms with van der Waals surface area (Å²) >= 11 is 1.60. The van der Waals surface area contributed by atoms with Crippen LogP contribution >= 0.6 is 11.3 Å². The van der Waals surface area contributed by atoms with Crippen LogP contribution in [-0.4, -0.2) is 20.9 Å². The highest BCUT2D eigenvalue weighted by Gasteiger charge is 2.21. The molecule has 0 bridgehead atoms. The Morgan fingerprint density at radius 2 is 1.97 bits per heavy atom. The van der Waals surface area contributed by atoms with Crippen LogP contribution in [0.4, 0.5) is 5.13 Å². The van der Waals surface area contributed by atoms with E-state index in [9.17, 15) is 4.79 Å². The molecule has 144 valence electrons. The highest BCUT2D eigenvalue weighted by Crippen LogP contribution is 2.33. The Morgan fingerprint density at radius 1 is 1.14 bits per heavy atom. The molecule has 4 aromatic rings. The predicted molar refractivity (Wildman–Crippen MR) is 116 cm³/mol. The molecule has 0 saturated heterocycles. The molecule has 0 saturated carbocycles. The Hall–Kier alpha value is -3.12. The Balaban J connectivity index is 1.53. The highest BCUT2D eigenvalue weighted by molar-refractivity contribution is 7.15. The molecular weight excluding hydrogens is 380 g/mol. The fourth-order valence-corrected chi connectivity index (χ4v) is 4.96. The summed E-state index contributed by atoms with van der Waals surface area (Å²) in [5, 5.41) is 4.54. The molecule has 1 aliphatic carbocycles. The molecule has 0 spiro atoms. The SMILES string of the molecule is CC1CCc2nc(NC(=O)c3cc(-c4ccncc4)nc4ccccc34)sc2C1. The van der Waals surface area contributed by atoms with Crippen molar-refractivity contribution in [1.82, 2.24) is 15.0 Å². The van der Waals surface area contributed by atoms with Crippen molar-refractivity contribution in [1.29, 1.82) is 0 Å². The number of carbonyl (C=O) groups is 1. The summed E-state index contributed by atoms with van der Waals surface area (Å²) in [5.41, 5.74) is 4.21. The lowest BCUT2D eigenvalue weighted by atomic mass is 9.93. The maximum absolute atomic E-state index is 13.2. The molecule has 29 heavy (non-hydrogen) atoms. The first-order valence-corrected chi connectivity index (χ1v) is 10.6. The molecule has 0 aliphatic heterocycles. The molecule has 1 atom stereocenters. The normalized spacial score (nSPS) is 15.8. The van der Waals surface area contributed by atoms with Gasteiger partial charge in [-0.1, -0.05) is 25.1 Å². The molecule has 1 amide bonds. The molecule has 1 aromatic carbocycles. The molecule has 1 aliphatic rings. The third kappa shape index (κ3) is 3.51. The van der Waals surface area contributed by atoms with Crippen molar-refractivity contribution in [3.63, 3.8) is 0 Å². The van der Waals surface area contributed by atoms with E-state index in [1.54, 1.807) is 23.7 Å². The van der Waals surface area contributed by atoms with Crippen LogP contribution in [0.1, 0.15) is 34.3 Å². The van der Waals surface area contributed by atoms with Crippen molar-refractivity contribution in [3.05, 3.63) is 71.0 Å². The zero-order valence-electron chi connectivity index (χ0n) is 16.1. The van der Waals surface area contributed by atoms with E-state index in [1.165, 1.54) is 4.88 Å². The second kappa shape index (κ2) is 7.37. The van der Waals surface area contributed by atoms with E-state index in [0.717, 1.165) is 47.1 Å². The van der Waals surface area contributed by atoms with Gasteiger partial charge in [0.05, 0.1) is 22.5 Å². The van der Waals surface area contributed by atoms with Gasteiger partial charge in [0.25, 0.3) is 5.91 Å². The smallest absolute Gasteiger partial charge is 0.258 e. The summed E-state index contributed by atoms with van der Waals surface area (Å²) in [7, 11) is 0. The average molecular weight is 401 g/mol. The molecular formula is C23H20N4OS. The van der Waals surface area contributed by atoms with E-state index in [2.05, 4.69) is 22.2 Å². The van der Waals surface area contributed by atoms with Crippen LogP contribution < -0.4 is 5.32 Å². The van der Waals surface area contributed by atoms with Crippen LogP contribution in [0.25, 0.3) is 22.2 Å². The second-order valence-corrected chi connectivity index (χ2v) is 8.58. The van der Waals surface area contributed by atoms with Crippen LogP contribution in [0.15, 0.2) is 54.9 Å². The standard InChI is InChI=1S/C23H20N4OS/c1-14-6-7-19-21(12-14)29-23(26-19)27-22(28)17-13-20(15-8-10-24-11-9-15)25-18-5-3-2-4-16(17)18/h2-5,8-11,13-14H,6-7,12H2,1H3,(H,26,27,28). The van der Waals surface area contributed by atoms with Crippen LogP contribution in [-0.2, 0) is 12.8 Å². The third-order valence-electron chi connectivity index (χ3n) is 5.34. The van der Waals surface area contributed by atoms with Gasteiger partial charge in [-0.15, -0.1) is 11.3 Å². The number of nitrogens with zero attached hydrogens (tertiary/aromatic N) is 3. The van der Waals surface area contributed by atoms with Gasteiger partial charge in [0.15, 0.2) is 5.13 Å². The number of para-hydroxylation sites is 1. The Morgan fingerprint density at radius 3 is 2.83 bits per heavy atom. The van der Waals surface area contributed by atoms with Crippen LogP contribution in [0.3, 0.4) is 0 Å². The van der Waals surface area contributed by atoms with Gasteiger partial charge in [-0.25, -0.2) is 9.97 Å². The number of hydrogen-bond acceptors (Lipinski definition) is 5. The molecule has 0 radical (unpaired) electrons. The third-order valence-corrected chi connectivity index (χ3v) is 6.38. The van der Waals surface area contributed by atoms with Gasteiger partial charge in [0.2, 0.25) is 0 Å². The minimum absolute atomic E-state index is 0.155. The van der Waals surface area contributed by atoms with E-state index >= 15 is 0 Å². The van der Waals surface area contributed by atoms with E-state index in [1.807, 2.05) is 42.5 Å². The zero-order chi connectivity index (χ0) is 19.8. The van der Waals surface area contributed by atoms with E-state index < -0.39 is 0 Å². The molecule has 6 heteroatoms. The first-order chi connectivity index (χ1) is 14.2. The van der Waals surface area contributed by atoms with Crippen molar-refractivity contribution in [2.45, 2.75) is 26.2 Å². The number of fused-ring (bicyclic) bond motifs is 2. The molecule has 1 N–H and O–H groups in total. The Bertz CT molecular complexity index is 1200. The summed E-state index contributed by atoms with van der Waals surface area (Å²) in [6, 6.07) is 13.4. The molecule has 5 rings (SSSR count). The van der Waals surface area contributed by atoms with Gasteiger partial charge < -0.3 is 0 Å². The number of nitrogens with one attached hydrogen (secondary N) is 1. The monoisotopic (exact) mass is 400 g/mol. The molecule has 0 fully saturated rings. The number of hydrogen-bond donors (Lipinski definition) is 1. The van der Waals surface area contributed by atoms with Gasteiger partial charge in [0, 0.05) is 28.2 Å². The average Bonchev–Trinajstić information content (AvgIpc) is 3.14. The Labute approximate surface area is 172 Å². The second-order valence-electron chi connectivity index (χ2n) is 7.50. The maximum Gasteiger partial charge on any atom is 0.258 e. The maximum atomic E-state index is 13.2. The van der Waals surface area contributed by atoms with Crippen LogP contribution in [0.2, 0.25) is 0 Å². The number of rotatable bonds is 3. The van der Waals surface area contributed by atoms with Crippen molar-refractivity contribution in [3.8, 4) is 11.3 Å². The van der Waals surface area contributed by atoms with Gasteiger partial charge >= 0.3 is 0 Å². The fourth-order valence-electron chi connectivity index (χ4n) is 3.79. The van der Waals surface area contributed by atoms with Crippen molar-refractivity contribution in [2.75, 3.05) is 5.32 Å². The van der Waals surface area contributed by atoms with Gasteiger partial charge in [-0.2, -0.15) is 0 Å². The lowest BCUT2D eigenvalue weighted by Crippen LogP contribution is -2.13. The number of anilines is 1. The van der Waals surface area contributed by atoms with E-state index in [0.29, 0.717) is 16.6 Å². The molecule has 5 nitrogen and oxygen atoms in total. The first kappa shape index (κ1) is 17.9. The fraction of sp³-hybridized carbons (Fsp3) is 0.217. The lowest BCUT2D eigenvalue weighted by molar-refractivity contribution is 0.102. The predicted octanol–water partition coefficient (Wildman–Crippen LogP) is 5.13. The summed E-state index contributed by atoms with van der Waals surface area (Å²) in [6.07, 6.45) is 6.66. The van der Waals surface area contributed by atoms with Crippen LogP contribution in [0, 0.1) is 5.92 Å². The van der Waals surface area contributed by atoms with Crippen molar-refractivity contribution < 1.29 is 4.79 Å². The van der Waals surface area contributed by atoms with Gasteiger partial charge in [-0.3, -0.25) is 15.1 Å². The number of thiazole rings is 1. The highest BCUT2D eigenvalue weighted by atomic mass is 32.1. The number of aromatic nitrogens is 3. The van der Waals surface area contributed by atoms with E-state index in [-0.39, 0.29) is 5.91 Å². The topological polar surface area (TPSA) is 67.8 Å². The minimum atomic E-state index is -0.155. The summed E-state index contributed by atoms with van der Waals surface area (Å²) < 4.78 is 0. The van der Waals surface area contributed by atoms with Gasteiger partial charge in [0.1, 0.15) is 0 Å². The van der Waals surface area contributed by atoms with E-state index in [4.69, 9.17) is 4.98 Å². The zero-order valence-corrected chi connectivity index (χ0v) is 16.9. The summed E-state index contributed by atoms with van der Waals surface area (Å²) in [4.78, 5) is 28.0. The number of aryl methyl sites for hydroxylation is 1. The number of carbonyl (C=O) groups excluding carboxylic acids is 1. The first-order valence-electron chi connectivity index (χ1n) is 9.77. The quantitative estimate of drug-likeness (QED) is 0.518. The summed E-state index contributed by atoms with van der Waals surface area (Å²) in [5.74, 6) is 0.525. The lowest BCUT2D eigenvalue weighted by Gasteiger charge is -2.15. The van der Waals surface area contributed by atoms with Crippen molar-refractivity contribution >= 4 is 33.3 Å². The van der Waals surface area contributed by atoms with Crippen molar-refractivity contribution in [2.24, 2.45) is 5.92 Å². The number of amides is 1. The number of benzene rings is 1. The summed E-state index contributed by atoms with van der Waals surface area (Å²) in [6.45, 7) is 2.27. The largest absolute Gasteiger partial charge is 0.298 e. The number of pyridine rings is 2. The van der Waals surface area contributed by atoms with Crippen LogP contribution in [0.5, 0.6) is 0 Å². The minimum Gasteiger partial charge on any atom is -0.298 e.